The highest BCUT2D eigenvalue weighted by molar-refractivity contribution is 5.14. The van der Waals surface area contributed by atoms with E-state index in [9.17, 15) is 0 Å². The molecule has 0 spiro atoms. The number of benzene rings is 1. The van der Waals surface area contributed by atoms with E-state index in [1.165, 1.54) is 5.56 Å². The standard InChI is InChI=1S/C13H21N2/c1-3-15(4-2)11-10-14-12-13-8-6-5-7-9-13/h5-9H,3-4,10-12H2,1-2H3. The van der Waals surface area contributed by atoms with E-state index in [4.69, 9.17) is 0 Å². The lowest BCUT2D eigenvalue weighted by atomic mass is 10.2. The molecule has 0 saturated carbocycles. The van der Waals surface area contributed by atoms with Gasteiger partial charge in [0.25, 0.3) is 0 Å². The molecule has 0 atom stereocenters. The Morgan fingerprint density at radius 2 is 1.73 bits per heavy atom. The Labute approximate surface area is 93.3 Å². The minimum absolute atomic E-state index is 0.849. The summed E-state index contributed by atoms with van der Waals surface area (Å²) in [6.45, 7) is 9.51. The molecule has 0 amide bonds. The lowest BCUT2D eigenvalue weighted by molar-refractivity contribution is 0.301. The fraction of sp³-hybridized carbons (Fsp3) is 0.538. The lowest BCUT2D eigenvalue weighted by Crippen LogP contribution is -2.29. The second-order valence-corrected chi connectivity index (χ2v) is 3.62. The highest BCUT2D eigenvalue weighted by Gasteiger charge is 1.98. The zero-order valence-electron chi connectivity index (χ0n) is 9.82. The third kappa shape index (κ3) is 4.96. The van der Waals surface area contributed by atoms with Gasteiger partial charge >= 0.3 is 0 Å². The topological polar surface area (TPSA) is 17.3 Å². The third-order valence-electron chi connectivity index (χ3n) is 2.61. The van der Waals surface area contributed by atoms with E-state index < -0.39 is 0 Å². The summed E-state index contributed by atoms with van der Waals surface area (Å²) in [6, 6.07) is 10.4. The zero-order chi connectivity index (χ0) is 10.9. The van der Waals surface area contributed by atoms with Gasteiger partial charge in [0, 0.05) is 19.6 Å². The van der Waals surface area contributed by atoms with Crippen LogP contribution in [0, 0.1) is 0 Å². The summed E-state index contributed by atoms with van der Waals surface area (Å²) in [7, 11) is 0. The number of nitrogens with zero attached hydrogens (tertiary/aromatic N) is 2. The van der Waals surface area contributed by atoms with E-state index >= 15 is 0 Å². The van der Waals surface area contributed by atoms with Gasteiger partial charge in [-0.3, -0.25) is 0 Å². The average Bonchev–Trinajstić information content (AvgIpc) is 2.31. The quantitative estimate of drug-likeness (QED) is 0.623. The molecule has 1 aromatic carbocycles. The summed E-state index contributed by atoms with van der Waals surface area (Å²) in [5.41, 5.74) is 1.30. The van der Waals surface area contributed by atoms with Crippen molar-refractivity contribution in [1.29, 1.82) is 0 Å². The van der Waals surface area contributed by atoms with Gasteiger partial charge in [0.05, 0.1) is 0 Å². The van der Waals surface area contributed by atoms with Crippen LogP contribution in [0.5, 0.6) is 0 Å². The summed E-state index contributed by atoms with van der Waals surface area (Å²) in [6.07, 6.45) is 0. The van der Waals surface area contributed by atoms with Crippen LogP contribution in [0.2, 0.25) is 0 Å². The first kappa shape index (κ1) is 12.2. The Morgan fingerprint density at radius 3 is 2.33 bits per heavy atom. The molecule has 0 heterocycles. The highest BCUT2D eigenvalue weighted by atomic mass is 15.1. The molecular formula is C13H21N2. The minimum Gasteiger partial charge on any atom is -0.303 e. The van der Waals surface area contributed by atoms with Crippen molar-refractivity contribution in [3.8, 4) is 0 Å². The van der Waals surface area contributed by atoms with Crippen molar-refractivity contribution >= 4 is 0 Å². The predicted molar refractivity (Wildman–Crippen MR) is 64.9 cm³/mol. The maximum atomic E-state index is 4.54. The summed E-state index contributed by atoms with van der Waals surface area (Å²) in [5.74, 6) is 0. The normalized spacial score (nSPS) is 10.9. The van der Waals surface area contributed by atoms with Crippen LogP contribution in [0.1, 0.15) is 19.4 Å². The lowest BCUT2D eigenvalue weighted by Gasteiger charge is -2.17. The predicted octanol–water partition coefficient (Wildman–Crippen LogP) is 2.13. The van der Waals surface area contributed by atoms with Gasteiger partial charge in [0.15, 0.2) is 0 Å². The largest absolute Gasteiger partial charge is 0.303 e. The van der Waals surface area contributed by atoms with Crippen molar-refractivity contribution in [2.45, 2.75) is 20.4 Å². The smallest absolute Gasteiger partial charge is 0.0384 e. The van der Waals surface area contributed by atoms with E-state index in [0.717, 1.165) is 32.7 Å². The summed E-state index contributed by atoms with van der Waals surface area (Å²) in [4.78, 5) is 2.40. The summed E-state index contributed by atoms with van der Waals surface area (Å²) < 4.78 is 0. The van der Waals surface area contributed by atoms with Crippen molar-refractivity contribution in [3.63, 3.8) is 0 Å². The van der Waals surface area contributed by atoms with Crippen molar-refractivity contribution < 1.29 is 0 Å². The van der Waals surface area contributed by atoms with Gasteiger partial charge in [-0.25, -0.2) is 5.32 Å². The number of likely N-dealkylation sites (N-methyl/N-ethyl adjacent to an activating group) is 1. The molecule has 0 aliphatic rings. The van der Waals surface area contributed by atoms with Crippen molar-refractivity contribution in [2.75, 3.05) is 26.2 Å². The second kappa shape index (κ2) is 7.43. The summed E-state index contributed by atoms with van der Waals surface area (Å²) in [5, 5.41) is 4.54. The van der Waals surface area contributed by atoms with Gasteiger partial charge < -0.3 is 4.90 Å². The Morgan fingerprint density at radius 1 is 1.07 bits per heavy atom. The Hall–Kier alpha value is -0.860. The van der Waals surface area contributed by atoms with Crippen LogP contribution >= 0.6 is 0 Å². The third-order valence-corrected chi connectivity index (χ3v) is 2.61. The van der Waals surface area contributed by atoms with Crippen LogP contribution in [0.25, 0.3) is 0 Å². The number of hydrogen-bond acceptors (Lipinski definition) is 1. The van der Waals surface area contributed by atoms with E-state index in [1.54, 1.807) is 0 Å². The number of hydrogen-bond donors (Lipinski definition) is 0. The minimum atomic E-state index is 0.849. The second-order valence-electron chi connectivity index (χ2n) is 3.62. The van der Waals surface area contributed by atoms with E-state index in [1.807, 2.05) is 6.07 Å². The molecule has 0 aliphatic heterocycles. The van der Waals surface area contributed by atoms with Crippen LogP contribution in [0.3, 0.4) is 0 Å². The van der Waals surface area contributed by atoms with Crippen LogP contribution in [-0.4, -0.2) is 31.1 Å². The molecule has 0 unspecified atom stereocenters. The fourth-order valence-corrected chi connectivity index (χ4v) is 1.54. The Balaban J connectivity index is 2.12. The van der Waals surface area contributed by atoms with Gasteiger partial charge in [-0.2, -0.15) is 0 Å². The SMILES string of the molecule is CCN(CC)CC[N]Cc1ccccc1. The molecule has 0 aliphatic carbocycles. The molecular weight excluding hydrogens is 184 g/mol. The number of rotatable bonds is 7. The summed E-state index contributed by atoms with van der Waals surface area (Å²) >= 11 is 0. The fourth-order valence-electron chi connectivity index (χ4n) is 1.54. The molecule has 1 radical (unpaired) electrons. The first-order valence-corrected chi connectivity index (χ1v) is 5.76. The van der Waals surface area contributed by atoms with Crippen molar-refractivity contribution in [3.05, 3.63) is 35.9 Å². The molecule has 83 valence electrons. The molecule has 0 aromatic heterocycles. The van der Waals surface area contributed by atoms with Crippen LogP contribution in [0.15, 0.2) is 30.3 Å². The highest BCUT2D eigenvalue weighted by Crippen LogP contribution is 1.97. The first-order valence-electron chi connectivity index (χ1n) is 5.76. The van der Waals surface area contributed by atoms with Gasteiger partial charge in [-0.15, -0.1) is 0 Å². The molecule has 1 aromatic rings. The molecule has 0 N–H and O–H groups in total. The molecule has 15 heavy (non-hydrogen) atoms. The van der Waals surface area contributed by atoms with Crippen LogP contribution in [0.4, 0.5) is 0 Å². The monoisotopic (exact) mass is 205 g/mol. The van der Waals surface area contributed by atoms with Crippen LogP contribution in [-0.2, 0) is 6.54 Å². The Kier molecular flexibility index (Phi) is 6.05. The molecule has 2 nitrogen and oxygen atoms in total. The van der Waals surface area contributed by atoms with Gasteiger partial charge in [0.2, 0.25) is 0 Å². The molecule has 1 rings (SSSR count). The molecule has 2 heteroatoms. The van der Waals surface area contributed by atoms with Gasteiger partial charge in [-0.05, 0) is 18.7 Å². The average molecular weight is 205 g/mol. The molecule has 0 saturated heterocycles. The maximum Gasteiger partial charge on any atom is 0.0384 e. The van der Waals surface area contributed by atoms with Gasteiger partial charge in [0.1, 0.15) is 0 Å². The van der Waals surface area contributed by atoms with Gasteiger partial charge in [-0.1, -0.05) is 44.2 Å². The van der Waals surface area contributed by atoms with E-state index in [-0.39, 0.29) is 0 Å². The van der Waals surface area contributed by atoms with E-state index in [0.29, 0.717) is 0 Å². The van der Waals surface area contributed by atoms with Crippen molar-refractivity contribution in [2.24, 2.45) is 0 Å². The molecule has 0 fully saturated rings. The zero-order valence-corrected chi connectivity index (χ0v) is 9.82. The van der Waals surface area contributed by atoms with Crippen LogP contribution < -0.4 is 5.32 Å². The van der Waals surface area contributed by atoms with E-state index in [2.05, 4.69) is 48.3 Å². The molecule has 0 bridgehead atoms. The maximum absolute atomic E-state index is 4.54. The first-order chi connectivity index (χ1) is 7.36. The van der Waals surface area contributed by atoms with Crippen molar-refractivity contribution in [1.82, 2.24) is 10.2 Å². The Bertz CT molecular complexity index is 242.